The molecule has 2 rings (SSSR count). The highest BCUT2D eigenvalue weighted by atomic mass is 32.1. The maximum atomic E-state index is 12.0. The molecule has 0 radical (unpaired) electrons. The quantitative estimate of drug-likeness (QED) is 0.880. The minimum Gasteiger partial charge on any atom is -0.481 e. The van der Waals surface area contributed by atoms with Crippen LogP contribution in [0.4, 0.5) is 5.13 Å². The van der Waals surface area contributed by atoms with Gasteiger partial charge in [0.05, 0.1) is 11.6 Å². The molecule has 0 saturated heterocycles. The second-order valence-electron chi connectivity index (χ2n) is 4.70. The Hall–Kier alpha value is -1.43. The number of aromatic nitrogens is 1. The van der Waals surface area contributed by atoms with E-state index in [-0.39, 0.29) is 17.7 Å². The highest BCUT2D eigenvalue weighted by Gasteiger charge is 2.34. The number of hydrogen-bond donors (Lipinski definition) is 2. The molecule has 1 saturated carbocycles. The number of nitrogens with zero attached hydrogens (tertiary/aromatic N) is 1. The van der Waals surface area contributed by atoms with Gasteiger partial charge in [0.25, 0.3) is 0 Å². The van der Waals surface area contributed by atoms with Crippen molar-refractivity contribution < 1.29 is 14.7 Å². The first kappa shape index (κ1) is 13.0. The Labute approximate surface area is 109 Å². The Morgan fingerprint density at radius 3 is 2.50 bits per heavy atom. The van der Waals surface area contributed by atoms with Gasteiger partial charge in [-0.25, -0.2) is 4.98 Å². The molecule has 18 heavy (non-hydrogen) atoms. The van der Waals surface area contributed by atoms with E-state index in [1.54, 1.807) is 0 Å². The molecule has 2 N–H and O–H groups in total. The number of carboxylic acids is 1. The Kier molecular flexibility index (Phi) is 3.65. The molecule has 1 aliphatic rings. The minimum absolute atomic E-state index is 0.104. The van der Waals surface area contributed by atoms with Crippen molar-refractivity contribution in [2.45, 2.75) is 33.1 Å². The van der Waals surface area contributed by atoms with E-state index in [4.69, 9.17) is 5.11 Å². The van der Waals surface area contributed by atoms with Crippen LogP contribution in [0.1, 0.15) is 29.8 Å². The highest BCUT2D eigenvalue weighted by Crippen LogP contribution is 2.32. The van der Waals surface area contributed by atoms with E-state index in [9.17, 15) is 9.59 Å². The van der Waals surface area contributed by atoms with Gasteiger partial charge in [-0.05, 0) is 33.1 Å². The number of aliphatic carboxylic acids is 1. The molecule has 1 aromatic rings. The number of thiazole rings is 1. The van der Waals surface area contributed by atoms with E-state index in [2.05, 4.69) is 10.3 Å². The fraction of sp³-hybridized carbons (Fsp3) is 0.583. The topological polar surface area (TPSA) is 79.3 Å². The van der Waals surface area contributed by atoms with Gasteiger partial charge in [0.1, 0.15) is 0 Å². The lowest BCUT2D eigenvalue weighted by molar-refractivity contribution is -0.141. The summed E-state index contributed by atoms with van der Waals surface area (Å²) in [7, 11) is 0. The number of hydrogen-bond acceptors (Lipinski definition) is 4. The summed E-state index contributed by atoms with van der Waals surface area (Å²) in [5.41, 5.74) is 0.921. The number of aryl methyl sites for hydroxylation is 2. The van der Waals surface area contributed by atoms with Crippen LogP contribution in [0, 0.1) is 25.7 Å². The van der Waals surface area contributed by atoms with Gasteiger partial charge in [-0.15, -0.1) is 11.3 Å². The monoisotopic (exact) mass is 268 g/mol. The van der Waals surface area contributed by atoms with Crippen molar-refractivity contribution in [1.82, 2.24) is 4.98 Å². The van der Waals surface area contributed by atoms with Crippen LogP contribution in [-0.2, 0) is 9.59 Å². The van der Waals surface area contributed by atoms with Crippen molar-refractivity contribution in [3.05, 3.63) is 10.6 Å². The molecular formula is C12H16N2O3S. The first-order valence-electron chi connectivity index (χ1n) is 5.95. The Balaban J connectivity index is 1.95. The number of carbonyl (C=O) groups excluding carboxylic acids is 1. The molecule has 0 spiro atoms. The zero-order valence-electron chi connectivity index (χ0n) is 10.4. The van der Waals surface area contributed by atoms with Crippen LogP contribution >= 0.6 is 11.3 Å². The average molecular weight is 268 g/mol. The third-order valence-corrected chi connectivity index (χ3v) is 4.40. The maximum absolute atomic E-state index is 12.0. The summed E-state index contributed by atoms with van der Waals surface area (Å²) in [5, 5.41) is 12.3. The summed E-state index contributed by atoms with van der Waals surface area (Å²) in [5.74, 6) is -1.48. The number of rotatable bonds is 3. The zero-order chi connectivity index (χ0) is 13.3. The summed E-state index contributed by atoms with van der Waals surface area (Å²) in [6.45, 7) is 3.86. The van der Waals surface area contributed by atoms with Gasteiger partial charge in [-0.2, -0.15) is 0 Å². The van der Waals surface area contributed by atoms with E-state index in [0.717, 1.165) is 10.6 Å². The van der Waals surface area contributed by atoms with Crippen LogP contribution in [0.5, 0.6) is 0 Å². The van der Waals surface area contributed by atoms with Crippen LogP contribution in [0.25, 0.3) is 0 Å². The van der Waals surface area contributed by atoms with Crippen LogP contribution in [0.2, 0.25) is 0 Å². The van der Waals surface area contributed by atoms with E-state index in [0.29, 0.717) is 24.4 Å². The van der Waals surface area contributed by atoms with Gasteiger partial charge in [-0.3, -0.25) is 9.59 Å². The predicted molar refractivity (Wildman–Crippen MR) is 68.7 cm³/mol. The van der Waals surface area contributed by atoms with Crippen LogP contribution in [0.3, 0.4) is 0 Å². The first-order valence-corrected chi connectivity index (χ1v) is 6.76. The lowest BCUT2D eigenvalue weighted by atomic mass is 10.0. The number of amides is 1. The standard InChI is InChI=1S/C12H16N2O3S/c1-6-7(2)18-12(13-6)14-10(15)8-3-4-9(5-8)11(16)17/h8-9H,3-5H2,1-2H3,(H,16,17)(H,13,14,15). The van der Waals surface area contributed by atoms with Gasteiger partial charge in [-0.1, -0.05) is 0 Å². The Morgan fingerprint density at radius 2 is 2.00 bits per heavy atom. The van der Waals surface area contributed by atoms with Gasteiger partial charge >= 0.3 is 5.97 Å². The van der Waals surface area contributed by atoms with Gasteiger partial charge in [0.15, 0.2) is 5.13 Å². The molecule has 0 bridgehead atoms. The molecule has 98 valence electrons. The zero-order valence-corrected chi connectivity index (χ0v) is 11.2. The van der Waals surface area contributed by atoms with Crippen LogP contribution in [-0.4, -0.2) is 22.0 Å². The number of carboxylic acid groups (broad SMARTS) is 1. The van der Waals surface area contributed by atoms with E-state index >= 15 is 0 Å². The molecule has 1 amide bonds. The van der Waals surface area contributed by atoms with Gasteiger partial charge < -0.3 is 10.4 Å². The van der Waals surface area contributed by atoms with Crippen molar-refractivity contribution in [1.29, 1.82) is 0 Å². The highest BCUT2D eigenvalue weighted by molar-refractivity contribution is 7.15. The molecular weight excluding hydrogens is 252 g/mol. The maximum Gasteiger partial charge on any atom is 0.306 e. The SMILES string of the molecule is Cc1nc(NC(=O)C2CCC(C(=O)O)C2)sc1C. The van der Waals surface area contributed by atoms with E-state index in [1.807, 2.05) is 13.8 Å². The van der Waals surface area contributed by atoms with E-state index in [1.165, 1.54) is 11.3 Å². The molecule has 0 aliphatic heterocycles. The van der Waals surface area contributed by atoms with Crippen molar-refractivity contribution in [3.8, 4) is 0 Å². The average Bonchev–Trinajstić information content (AvgIpc) is 2.87. The van der Waals surface area contributed by atoms with Crippen LogP contribution < -0.4 is 5.32 Å². The lowest BCUT2D eigenvalue weighted by Gasteiger charge is -2.08. The predicted octanol–water partition coefficient (Wildman–Crippen LogP) is 2.20. The summed E-state index contributed by atoms with van der Waals surface area (Å²) in [4.78, 5) is 28.1. The Bertz CT molecular complexity index is 464. The fourth-order valence-corrected chi connectivity index (χ4v) is 3.00. The third-order valence-electron chi connectivity index (χ3n) is 3.41. The molecule has 6 heteroatoms. The van der Waals surface area contributed by atoms with E-state index < -0.39 is 5.97 Å². The fourth-order valence-electron chi connectivity index (χ4n) is 2.18. The molecule has 1 aliphatic carbocycles. The molecule has 2 unspecified atom stereocenters. The van der Waals surface area contributed by atoms with Gasteiger partial charge in [0.2, 0.25) is 5.91 Å². The van der Waals surface area contributed by atoms with Crippen molar-refractivity contribution >= 4 is 28.3 Å². The largest absolute Gasteiger partial charge is 0.481 e. The first-order chi connectivity index (χ1) is 8.47. The summed E-state index contributed by atoms with van der Waals surface area (Å²) in [6, 6.07) is 0. The lowest BCUT2D eigenvalue weighted by Crippen LogP contribution is -2.21. The molecule has 1 heterocycles. The summed E-state index contributed by atoms with van der Waals surface area (Å²) < 4.78 is 0. The number of nitrogens with one attached hydrogen (secondary N) is 1. The molecule has 1 aromatic heterocycles. The van der Waals surface area contributed by atoms with Crippen molar-refractivity contribution in [2.75, 3.05) is 5.32 Å². The molecule has 0 aromatic carbocycles. The number of carbonyl (C=O) groups is 2. The van der Waals surface area contributed by atoms with Crippen LogP contribution in [0.15, 0.2) is 0 Å². The van der Waals surface area contributed by atoms with Crippen molar-refractivity contribution in [3.63, 3.8) is 0 Å². The molecule has 1 fully saturated rings. The third kappa shape index (κ3) is 2.69. The summed E-state index contributed by atoms with van der Waals surface area (Å²) in [6.07, 6.45) is 1.67. The number of anilines is 1. The Morgan fingerprint density at radius 1 is 1.33 bits per heavy atom. The second-order valence-corrected chi connectivity index (χ2v) is 5.90. The van der Waals surface area contributed by atoms with Crippen molar-refractivity contribution in [2.24, 2.45) is 11.8 Å². The normalized spacial score (nSPS) is 23.0. The minimum atomic E-state index is -0.800. The summed E-state index contributed by atoms with van der Waals surface area (Å²) >= 11 is 1.45. The second kappa shape index (κ2) is 5.06. The molecule has 5 nitrogen and oxygen atoms in total. The molecule has 2 atom stereocenters. The van der Waals surface area contributed by atoms with Gasteiger partial charge in [0, 0.05) is 10.8 Å². The smallest absolute Gasteiger partial charge is 0.306 e.